The van der Waals surface area contributed by atoms with Gasteiger partial charge in [-0.3, -0.25) is 4.79 Å². The van der Waals surface area contributed by atoms with Gasteiger partial charge in [-0.2, -0.15) is 0 Å². The largest absolute Gasteiger partial charge is 0.389 e. The van der Waals surface area contributed by atoms with Gasteiger partial charge in [-0.1, -0.05) is 12.2 Å². The van der Waals surface area contributed by atoms with Crippen molar-refractivity contribution >= 4 is 28.8 Å². The lowest BCUT2D eigenvalue weighted by Crippen LogP contribution is -2.36. The number of anilines is 1. The second kappa shape index (κ2) is 5.67. The predicted octanol–water partition coefficient (Wildman–Crippen LogP) is 1.85. The van der Waals surface area contributed by atoms with Crippen molar-refractivity contribution in [3.8, 4) is 0 Å². The fourth-order valence-corrected chi connectivity index (χ4v) is 2.31. The van der Waals surface area contributed by atoms with Gasteiger partial charge in [0.15, 0.2) is 0 Å². The van der Waals surface area contributed by atoms with Gasteiger partial charge < -0.3 is 15.4 Å². The van der Waals surface area contributed by atoms with Crippen molar-refractivity contribution in [3.63, 3.8) is 0 Å². The zero-order valence-corrected chi connectivity index (χ0v) is 11.9. The molecule has 0 spiro atoms. The zero-order chi connectivity index (χ0) is 14.0. The number of amides is 1. The fourth-order valence-electron chi connectivity index (χ4n) is 2.18. The monoisotopic (exact) mass is 278 g/mol. The average molecular weight is 278 g/mol. The third-order valence-corrected chi connectivity index (χ3v) is 3.61. The molecule has 1 aromatic carbocycles. The third kappa shape index (κ3) is 3.11. The van der Waals surface area contributed by atoms with Gasteiger partial charge in [-0.25, -0.2) is 0 Å². The van der Waals surface area contributed by atoms with Crippen LogP contribution in [0.25, 0.3) is 0 Å². The molecule has 4 nitrogen and oxygen atoms in total. The Balaban J connectivity index is 2.08. The first-order valence-electron chi connectivity index (χ1n) is 6.32. The Labute approximate surface area is 118 Å². The standard InChI is InChI=1S/C14H18N2O2S/c1-9-3-8-12(18-9)14(17)16(2)11-6-4-10(5-7-11)13(15)19/h4-7,9,12H,3,8H2,1-2H3,(H2,15,19). The summed E-state index contributed by atoms with van der Waals surface area (Å²) >= 11 is 4.90. The number of nitrogens with zero attached hydrogens (tertiary/aromatic N) is 1. The SMILES string of the molecule is CC1CCC(C(=O)N(C)c2ccc(C(N)=S)cc2)O1. The summed E-state index contributed by atoms with van der Waals surface area (Å²) in [7, 11) is 1.75. The van der Waals surface area contributed by atoms with Crippen molar-refractivity contribution in [3.05, 3.63) is 29.8 Å². The third-order valence-electron chi connectivity index (χ3n) is 3.38. The molecule has 1 saturated heterocycles. The van der Waals surface area contributed by atoms with E-state index in [2.05, 4.69) is 0 Å². The summed E-state index contributed by atoms with van der Waals surface area (Å²) in [6.07, 6.45) is 1.56. The summed E-state index contributed by atoms with van der Waals surface area (Å²) in [5, 5.41) is 0. The number of carbonyl (C=O) groups excluding carboxylic acids is 1. The van der Waals surface area contributed by atoms with E-state index in [1.807, 2.05) is 31.2 Å². The summed E-state index contributed by atoms with van der Waals surface area (Å²) in [6.45, 7) is 1.99. The Bertz CT molecular complexity index is 487. The number of hydrogen-bond donors (Lipinski definition) is 1. The van der Waals surface area contributed by atoms with Crippen LogP contribution in [-0.2, 0) is 9.53 Å². The smallest absolute Gasteiger partial charge is 0.255 e. The van der Waals surface area contributed by atoms with E-state index >= 15 is 0 Å². The van der Waals surface area contributed by atoms with E-state index < -0.39 is 0 Å². The number of ether oxygens (including phenoxy) is 1. The zero-order valence-electron chi connectivity index (χ0n) is 11.1. The normalized spacial score (nSPS) is 22.2. The van der Waals surface area contributed by atoms with Gasteiger partial charge in [0.25, 0.3) is 5.91 Å². The predicted molar refractivity (Wildman–Crippen MR) is 79.3 cm³/mol. The Morgan fingerprint density at radius 1 is 1.37 bits per heavy atom. The Morgan fingerprint density at radius 3 is 2.47 bits per heavy atom. The maximum atomic E-state index is 12.3. The first-order chi connectivity index (χ1) is 8.99. The average Bonchev–Trinajstić information content (AvgIpc) is 2.84. The molecule has 0 aliphatic carbocycles. The van der Waals surface area contributed by atoms with E-state index in [1.165, 1.54) is 0 Å². The van der Waals surface area contributed by atoms with Gasteiger partial charge in [0.1, 0.15) is 11.1 Å². The molecule has 1 aliphatic rings. The molecule has 0 radical (unpaired) electrons. The van der Waals surface area contributed by atoms with E-state index in [9.17, 15) is 4.79 Å². The van der Waals surface area contributed by atoms with Crippen LogP contribution in [0.3, 0.4) is 0 Å². The Hall–Kier alpha value is -1.46. The highest BCUT2D eigenvalue weighted by Crippen LogP contribution is 2.23. The number of thiocarbonyl (C=S) groups is 1. The van der Waals surface area contributed by atoms with E-state index in [4.69, 9.17) is 22.7 Å². The topological polar surface area (TPSA) is 55.6 Å². The first-order valence-corrected chi connectivity index (χ1v) is 6.72. The van der Waals surface area contributed by atoms with Crippen LogP contribution < -0.4 is 10.6 Å². The minimum Gasteiger partial charge on any atom is -0.389 e. The molecule has 2 N–H and O–H groups in total. The quantitative estimate of drug-likeness (QED) is 0.857. The van der Waals surface area contributed by atoms with E-state index in [0.29, 0.717) is 4.99 Å². The van der Waals surface area contributed by atoms with E-state index in [0.717, 1.165) is 24.1 Å². The van der Waals surface area contributed by atoms with Gasteiger partial charge in [0.05, 0.1) is 6.10 Å². The fraction of sp³-hybridized carbons (Fsp3) is 0.429. The van der Waals surface area contributed by atoms with Crippen LogP contribution in [0.4, 0.5) is 5.69 Å². The Morgan fingerprint density at radius 2 is 2.00 bits per heavy atom. The number of carbonyl (C=O) groups is 1. The summed E-state index contributed by atoms with van der Waals surface area (Å²) < 4.78 is 5.60. The molecule has 0 aromatic heterocycles. The van der Waals surface area contributed by atoms with Crippen LogP contribution in [-0.4, -0.2) is 30.2 Å². The number of rotatable bonds is 3. The van der Waals surface area contributed by atoms with Gasteiger partial charge in [0.2, 0.25) is 0 Å². The molecule has 1 amide bonds. The summed E-state index contributed by atoms with van der Waals surface area (Å²) in [4.78, 5) is 14.2. The molecule has 5 heteroatoms. The second-order valence-electron chi connectivity index (χ2n) is 4.82. The minimum atomic E-state index is -0.324. The molecule has 1 aromatic rings. The maximum absolute atomic E-state index is 12.3. The van der Waals surface area contributed by atoms with Crippen LogP contribution in [0.5, 0.6) is 0 Å². The molecule has 1 fully saturated rings. The number of benzene rings is 1. The van der Waals surface area contributed by atoms with Gasteiger partial charge in [0, 0.05) is 18.3 Å². The molecule has 1 aliphatic heterocycles. The molecular formula is C14H18N2O2S. The molecule has 2 rings (SSSR count). The number of nitrogens with two attached hydrogens (primary N) is 1. The van der Waals surface area contributed by atoms with Crippen LogP contribution >= 0.6 is 12.2 Å². The highest BCUT2D eigenvalue weighted by molar-refractivity contribution is 7.80. The number of hydrogen-bond acceptors (Lipinski definition) is 3. The summed E-state index contributed by atoms with van der Waals surface area (Å²) in [5.41, 5.74) is 7.16. The molecule has 0 saturated carbocycles. The minimum absolute atomic E-state index is 0.00701. The van der Waals surface area contributed by atoms with Gasteiger partial charge in [-0.15, -0.1) is 0 Å². The van der Waals surface area contributed by atoms with Crippen molar-refractivity contribution in [1.82, 2.24) is 0 Å². The summed E-state index contributed by atoms with van der Waals surface area (Å²) in [6, 6.07) is 7.31. The van der Waals surface area contributed by atoms with E-state index in [-0.39, 0.29) is 18.1 Å². The Kier molecular flexibility index (Phi) is 4.17. The van der Waals surface area contributed by atoms with Crippen LogP contribution in [0.2, 0.25) is 0 Å². The molecule has 1 heterocycles. The maximum Gasteiger partial charge on any atom is 0.255 e. The van der Waals surface area contributed by atoms with Crippen molar-refractivity contribution in [1.29, 1.82) is 0 Å². The molecular weight excluding hydrogens is 260 g/mol. The lowest BCUT2D eigenvalue weighted by molar-refractivity contribution is -0.128. The molecule has 0 bridgehead atoms. The second-order valence-corrected chi connectivity index (χ2v) is 5.26. The lowest BCUT2D eigenvalue weighted by Gasteiger charge is -2.21. The van der Waals surface area contributed by atoms with Crippen LogP contribution in [0.15, 0.2) is 24.3 Å². The molecule has 2 unspecified atom stereocenters. The number of likely N-dealkylation sites (N-methyl/N-ethyl adjacent to an activating group) is 1. The van der Waals surface area contributed by atoms with Gasteiger partial charge >= 0.3 is 0 Å². The van der Waals surface area contributed by atoms with Crippen LogP contribution in [0, 0.1) is 0 Å². The van der Waals surface area contributed by atoms with Crippen molar-refractivity contribution < 1.29 is 9.53 Å². The van der Waals surface area contributed by atoms with Crippen LogP contribution in [0.1, 0.15) is 25.3 Å². The molecule has 2 atom stereocenters. The first kappa shape index (κ1) is 14.0. The van der Waals surface area contributed by atoms with Gasteiger partial charge in [-0.05, 0) is 44.0 Å². The van der Waals surface area contributed by atoms with Crippen molar-refractivity contribution in [2.24, 2.45) is 5.73 Å². The van der Waals surface area contributed by atoms with E-state index in [1.54, 1.807) is 11.9 Å². The highest BCUT2D eigenvalue weighted by Gasteiger charge is 2.30. The molecule has 102 valence electrons. The highest BCUT2D eigenvalue weighted by atomic mass is 32.1. The summed E-state index contributed by atoms with van der Waals surface area (Å²) in [5.74, 6) is -0.00701. The van der Waals surface area contributed by atoms with Crippen molar-refractivity contribution in [2.45, 2.75) is 32.0 Å². The lowest BCUT2D eigenvalue weighted by atomic mass is 10.1. The molecule has 19 heavy (non-hydrogen) atoms. The van der Waals surface area contributed by atoms with Crippen molar-refractivity contribution in [2.75, 3.05) is 11.9 Å².